The molecular weight excluding hydrogens is 1620 g/mol. The third-order valence-electron chi connectivity index (χ3n) is 19.7. The summed E-state index contributed by atoms with van der Waals surface area (Å²) in [5.74, 6) is -0.943. The molecule has 129 heavy (non-hydrogen) atoms. The van der Waals surface area contributed by atoms with Crippen molar-refractivity contribution in [1.82, 2.24) is 9.34 Å². The van der Waals surface area contributed by atoms with Crippen molar-refractivity contribution in [2.45, 2.75) is 235 Å². The number of aliphatic imine (C=N–C) groups is 4. The molecule has 2 aliphatic heterocycles. The molecule has 0 spiro atoms. The maximum Gasteiger partial charge on any atom is 0.225 e. The number of aldehydes is 2. The zero-order valence-corrected chi connectivity index (χ0v) is 84.4. The van der Waals surface area contributed by atoms with Crippen molar-refractivity contribution in [3.8, 4) is 0 Å². The third kappa shape index (κ3) is 34.9. The molecule has 2 heterocycles. The highest BCUT2D eigenvalue weighted by molar-refractivity contribution is 7.44. The Morgan fingerprint density at radius 1 is 0.349 bits per heavy atom. The molecule has 0 fully saturated rings. The largest absolute Gasteiger partial charge is 0.398 e. The molecule has 0 saturated carbocycles. The van der Waals surface area contributed by atoms with Crippen LogP contribution in [-0.2, 0) is 9.59 Å². The van der Waals surface area contributed by atoms with E-state index in [1.165, 1.54) is 117 Å². The molecular formula is C113H142N10O4P2. The molecule has 0 aromatic heterocycles. The van der Waals surface area contributed by atoms with Crippen LogP contribution in [0.25, 0.3) is 11.4 Å². The Bertz CT molecular complexity index is 5570. The molecule has 16 heteroatoms. The lowest BCUT2D eigenvalue weighted by atomic mass is 10.0. The van der Waals surface area contributed by atoms with Crippen LogP contribution in [0.1, 0.15) is 230 Å². The quantitative estimate of drug-likeness (QED) is 0.0265. The van der Waals surface area contributed by atoms with Crippen molar-refractivity contribution in [3.05, 3.63) is 372 Å². The summed E-state index contributed by atoms with van der Waals surface area (Å²) in [6, 6.07) is 80.9. The molecule has 0 aliphatic carbocycles. The van der Waals surface area contributed by atoms with E-state index in [2.05, 4.69) is 355 Å². The molecule has 2 unspecified atom stereocenters. The summed E-state index contributed by atoms with van der Waals surface area (Å²) in [6.45, 7) is 64.2. The second-order valence-corrected chi connectivity index (χ2v) is 40.4. The second-order valence-electron chi connectivity index (χ2n) is 38.2. The van der Waals surface area contributed by atoms with Gasteiger partial charge in [-0.25, -0.2) is 4.99 Å². The fraction of sp³-hybridized carbons (Fsp3) is 0.310. The molecule has 13 rings (SSSR count). The monoisotopic (exact) mass is 1770 g/mol. The molecule has 2 atom stereocenters. The maximum absolute atomic E-state index is 10.6. The first-order valence-corrected chi connectivity index (χ1v) is 45.8. The van der Waals surface area contributed by atoms with Crippen molar-refractivity contribution >= 4 is 106 Å². The van der Waals surface area contributed by atoms with Crippen LogP contribution in [0, 0.1) is 104 Å². The van der Waals surface area contributed by atoms with Crippen LogP contribution in [-0.4, -0.2) is 85.0 Å². The van der Waals surface area contributed by atoms with Crippen molar-refractivity contribution in [2.24, 2.45) is 25.7 Å². The highest BCUT2D eigenvalue weighted by Gasteiger charge is 2.35. The number of hydrogen-bond donors (Lipinski definition) is 2. The smallest absolute Gasteiger partial charge is 0.225 e. The molecule has 678 valence electrons. The summed E-state index contributed by atoms with van der Waals surface area (Å²) in [5.41, 5.74) is 45.7. The number of nitrogens with zero attached hydrogens (tertiary/aromatic N) is 8. The van der Waals surface area contributed by atoms with Crippen molar-refractivity contribution in [3.63, 3.8) is 0 Å². The van der Waals surface area contributed by atoms with Gasteiger partial charge in [-0.2, -0.15) is 0 Å². The van der Waals surface area contributed by atoms with Crippen LogP contribution in [0.5, 0.6) is 0 Å². The van der Waals surface area contributed by atoms with Crippen LogP contribution < -0.4 is 20.8 Å². The zero-order chi connectivity index (χ0) is 96.1. The highest BCUT2D eigenvalue weighted by atomic mass is 31.1. The predicted molar refractivity (Wildman–Crippen MR) is 561 cm³/mol. The van der Waals surface area contributed by atoms with E-state index in [-0.39, 0.29) is 27.7 Å². The number of aryl methyl sites for hydroxylation is 15. The van der Waals surface area contributed by atoms with Gasteiger partial charge in [0, 0.05) is 63.2 Å². The van der Waals surface area contributed by atoms with Crippen LogP contribution in [0.4, 0.5) is 28.4 Å². The minimum atomic E-state index is -0.472. The van der Waals surface area contributed by atoms with E-state index in [1.807, 2.05) is 83.4 Å². The Labute approximate surface area is 777 Å². The molecule has 14 nitrogen and oxygen atoms in total. The molecule has 0 bridgehead atoms. The normalized spacial score (nSPS) is 13.1. The van der Waals surface area contributed by atoms with E-state index in [0.29, 0.717) is 41.5 Å². The van der Waals surface area contributed by atoms with Gasteiger partial charge in [-0.15, -0.1) is 0 Å². The first kappa shape index (κ1) is 106. The number of carbonyl (C=O) groups excluding carboxylic acids is 4. The molecule has 2 aliphatic rings. The first-order chi connectivity index (χ1) is 60.4. The Morgan fingerprint density at radius 3 is 1.01 bits per heavy atom. The fourth-order valence-corrected chi connectivity index (χ4v) is 17.1. The Morgan fingerprint density at radius 2 is 0.667 bits per heavy atom. The number of ketones is 2. The van der Waals surface area contributed by atoms with Crippen molar-refractivity contribution < 1.29 is 19.2 Å². The number of nitrogen functional groups attached to an aromatic ring is 1. The predicted octanol–water partition coefficient (Wildman–Crippen LogP) is 28.4. The van der Waals surface area contributed by atoms with E-state index >= 15 is 0 Å². The summed E-state index contributed by atoms with van der Waals surface area (Å²) in [5, 5.41) is 0. The van der Waals surface area contributed by atoms with Crippen LogP contribution in [0.3, 0.4) is 0 Å². The number of anilines is 3. The summed E-state index contributed by atoms with van der Waals surface area (Å²) in [6.07, 6.45) is 9.07. The topological polar surface area (TPSA) is 183 Å². The molecule has 0 amide bonds. The average Bonchev–Trinajstić information content (AvgIpc) is 1.63. The van der Waals surface area contributed by atoms with Gasteiger partial charge in [-0.1, -0.05) is 270 Å². The van der Waals surface area contributed by atoms with Crippen molar-refractivity contribution in [1.29, 1.82) is 0 Å². The standard InChI is InChI=1S/C26H29N2P.C26H28N2.C16H25N2P.C16H24N2.C9H13N.2C8H6O2.C4H11N/c1-17-12-19(3)25(20(4)13-17)27-16-24(23-10-8-7-9-11-23)28(29-27)26-21(5)14-18(2)15-22(26)6;1-17-12-19(3)25(20(4)13-17)27-16-24(23-10-8-7-9-11-23)28-26-21(5)14-18(2)15-22(26)6;1-15(2,3)17-12-14(13-10-8-7-9-11-13)18(19-17)16(4,5)6;1-15(2,3)17-12-14(18-16(4,5)6)13-10-8-7-9-11-13;1-6-4-7(2)9(10)8(3)5-6;2*9-6-8(10)7-4-2-1-3-5-7;1-4(2,3)5/h7-16,29H,1-6H3;7-16H,1-6H3;7-12,19H,1-6H3;7-12H,1-6H3;4-5H,10H2,1-3H3;2*1-6H;5H2,1-3H3. The number of Topliss-reactive ketones (excluding diaryl/α,β-unsaturated/α-hetero) is 2. The van der Waals surface area contributed by atoms with Gasteiger partial charge in [0.2, 0.25) is 11.6 Å². The van der Waals surface area contributed by atoms with Gasteiger partial charge in [0.1, 0.15) is 0 Å². The lowest BCUT2D eigenvalue weighted by Crippen LogP contribution is -2.35. The molecule has 11 aromatic rings. The average molecular weight is 1770 g/mol. The van der Waals surface area contributed by atoms with Gasteiger partial charge in [0.05, 0.1) is 80.6 Å². The number of hydrogen-bond acceptors (Lipinski definition) is 14. The zero-order valence-electron chi connectivity index (χ0n) is 82.4. The third-order valence-corrected chi connectivity index (χ3v) is 23.1. The fourth-order valence-electron chi connectivity index (χ4n) is 14.3. The highest BCUT2D eigenvalue weighted by Crippen LogP contribution is 2.52. The minimum absolute atomic E-state index is 0. The van der Waals surface area contributed by atoms with Gasteiger partial charge >= 0.3 is 0 Å². The van der Waals surface area contributed by atoms with Gasteiger partial charge in [0.15, 0.2) is 12.6 Å². The summed E-state index contributed by atoms with van der Waals surface area (Å²) in [7, 11) is 1.18. The van der Waals surface area contributed by atoms with Crippen LogP contribution >= 0.6 is 17.8 Å². The van der Waals surface area contributed by atoms with Crippen LogP contribution in [0.2, 0.25) is 0 Å². The van der Waals surface area contributed by atoms with Crippen molar-refractivity contribution in [2.75, 3.05) is 15.1 Å². The lowest BCUT2D eigenvalue weighted by Gasteiger charge is -2.38. The lowest BCUT2D eigenvalue weighted by molar-refractivity contribution is -0.105. The van der Waals surface area contributed by atoms with Gasteiger partial charge < -0.3 is 30.1 Å². The Hall–Kier alpha value is -11.9. The van der Waals surface area contributed by atoms with E-state index in [0.717, 1.165) is 39.6 Å². The number of benzene rings is 11. The van der Waals surface area contributed by atoms with E-state index in [4.69, 9.17) is 26.4 Å². The van der Waals surface area contributed by atoms with Gasteiger partial charge in [0.25, 0.3) is 0 Å². The Balaban J connectivity index is 0.000000238. The maximum atomic E-state index is 10.6. The second kappa shape index (κ2) is 48.5. The summed E-state index contributed by atoms with van der Waals surface area (Å²) >= 11 is 0. The van der Waals surface area contributed by atoms with E-state index < -0.39 is 11.6 Å². The van der Waals surface area contributed by atoms with E-state index in [9.17, 15) is 19.2 Å². The molecule has 0 saturated heterocycles. The van der Waals surface area contributed by atoms with Gasteiger partial charge in [-0.05, 0) is 274 Å². The molecule has 4 N–H and O–H groups in total. The molecule has 11 aromatic carbocycles. The number of nitrogens with two attached hydrogens (primary N) is 2. The summed E-state index contributed by atoms with van der Waals surface area (Å²) < 4.78 is 9.89. The number of carbonyl (C=O) groups is 4. The summed E-state index contributed by atoms with van der Waals surface area (Å²) in [4.78, 5) is 60.4. The van der Waals surface area contributed by atoms with E-state index in [1.54, 1.807) is 60.7 Å². The first-order valence-electron chi connectivity index (χ1n) is 44.0. The van der Waals surface area contributed by atoms with Gasteiger partial charge in [-0.3, -0.25) is 34.2 Å². The number of rotatable bonds is 14. The Kier molecular flexibility index (Phi) is 39.8. The minimum Gasteiger partial charge on any atom is -0.398 e. The van der Waals surface area contributed by atoms with Crippen LogP contribution in [0.15, 0.2) is 275 Å². The molecule has 0 radical (unpaired) electrons. The SMILES string of the molecule is CC(C)(C)N.CC(C)(C)N1C=C(c2ccccc2)N(C(C)(C)C)P1.CC(C)(C)N=CC(=NC(C)(C)C)c1ccccc1.Cc1cc(C)c(N)c(C)c1.Cc1cc(C)c(N2C=C(c3ccccc3)N(c3c(C)cc(C)cc3C)P2)c(C)c1.Cc1cc(C)c(N=CC(=Nc2c(C)cc(C)cc2C)c2ccccc2)c(C)c1.O=CC(=O)c1ccccc1.O=CC(=O)c1ccccc1.